The molecule has 3 aliphatic rings. The molecule has 6 heteroatoms. The normalized spacial score (nSPS) is 27.0. The number of aromatic nitrogens is 3. The van der Waals surface area contributed by atoms with Gasteiger partial charge in [-0.1, -0.05) is 6.07 Å². The highest BCUT2D eigenvalue weighted by Crippen LogP contribution is 2.27. The highest BCUT2D eigenvalue weighted by molar-refractivity contribution is 5.92. The fraction of sp³-hybridized carbons (Fsp3) is 0.500. The van der Waals surface area contributed by atoms with Crippen LogP contribution in [-0.2, 0) is 0 Å². The zero-order chi connectivity index (χ0) is 15.1. The molecule has 1 atom stereocenters. The molecule has 1 N–H and O–H groups in total. The molecule has 0 spiro atoms. The van der Waals surface area contributed by atoms with Gasteiger partial charge in [-0.2, -0.15) is 0 Å². The second-order valence-corrected chi connectivity index (χ2v) is 6.35. The van der Waals surface area contributed by atoms with Gasteiger partial charge in [-0.05, 0) is 56.5 Å². The van der Waals surface area contributed by atoms with Gasteiger partial charge >= 0.3 is 0 Å². The molecular weight excluding hydrogens is 278 g/mol. The monoisotopic (exact) mass is 297 g/mol. The third-order valence-electron chi connectivity index (χ3n) is 4.79. The van der Waals surface area contributed by atoms with Crippen LogP contribution in [-0.4, -0.2) is 51.7 Å². The molecule has 0 radical (unpaired) electrons. The van der Waals surface area contributed by atoms with Crippen LogP contribution in [0.1, 0.15) is 29.0 Å². The van der Waals surface area contributed by atoms with E-state index in [1.165, 1.54) is 12.8 Å². The van der Waals surface area contributed by atoms with E-state index in [9.17, 15) is 4.79 Å². The van der Waals surface area contributed by atoms with E-state index < -0.39 is 0 Å². The highest BCUT2D eigenvalue weighted by atomic mass is 16.2. The third kappa shape index (κ3) is 2.43. The van der Waals surface area contributed by atoms with Gasteiger partial charge in [0.2, 0.25) is 5.82 Å². The van der Waals surface area contributed by atoms with Crippen LogP contribution < -0.4 is 5.32 Å². The predicted octanol–water partition coefficient (Wildman–Crippen LogP) is 1.16. The van der Waals surface area contributed by atoms with Gasteiger partial charge in [0.15, 0.2) is 0 Å². The highest BCUT2D eigenvalue weighted by Gasteiger charge is 2.35. The van der Waals surface area contributed by atoms with Crippen molar-refractivity contribution in [2.45, 2.75) is 25.8 Å². The van der Waals surface area contributed by atoms with Crippen LogP contribution in [0.5, 0.6) is 0 Å². The molecule has 1 amide bonds. The van der Waals surface area contributed by atoms with E-state index in [1.54, 1.807) is 0 Å². The molecule has 4 heterocycles. The molecule has 3 saturated heterocycles. The average Bonchev–Trinajstić information content (AvgIpc) is 2.55. The number of rotatable bonds is 2. The van der Waals surface area contributed by atoms with Gasteiger partial charge in [0.25, 0.3) is 5.91 Å². The van der Waals surface area contributed by atoms with E-state index in [0.29, 0.717) is 17.0 Å². The van der Waals surface area contributed by atoms with Gasteiger partial charge in [-0.15, -0.1) is 10.2 Å². The van der Waals surface area contributed by atoms with Crippen LogP contribution in [0.25, 0.3) is 11.0 Å². The van der Waals surface area contributed by atoms with Gasteiger partial charge in [0.1, 0.15) is 5.52 Å². The quantitative estimate of drug-likeness (QED) is 0.900. The minimum absolute atomic E-state index is 0.162. The lowest BCUT2D eigenvalue weighted by atomic mass is 9.84. The van der Waals surface area contributed by atoms with Gasteiger partial charge in [-0.3, -0.25) is 4.79 Å². The lowest BCUT2D eigenvalue weighted by Crippen LogP contribution is -2.57. The Balaban J connectivity index is 1.55. The van der Waals surface area contributed by atoms with Crippen molar-refractivity contribution in [1.82, 2.24) is 25.4 Å². The van der Waals surface area contributed by atoms with Crippen LogP contribution in [0.4, 0.5) is 0 Å². The van der Waals surface area contributed by atoms with Gasteiger partial charge in [0, 0.05) is 12.6 Å². The summed E-state index contributed by atoms with van der Waals surface area (Å²) in [5.74, 6) is 0.536. The Morgan fingerprint density at radius 3 is 2.77 bits per heavy atom. The maximum Gasteiger partial charge on any atom is 0.291 e. The molecule has 1 aromatic heterocycles. The molecule has 2 bridgehead atoms. The van der Waals surface area contributed by atoms with E-state index in [4.69, 9.17) is 0 Å². The fourth-order valence-electron chi connectivity index (χ4n) is 3.50. The number of aryl methyl sites for hydroxylation is 1. The Bertz CT molecular complexity index is 724. The molecule has 114 valence electrons. The van der Waals surface area contributed by atoms with Crippen molar-refractivity contribution in [3.63, 3.8) is 0 Å². The van der Waals surface area contributed by atoms with Crippen LogP contribution in [0.15, 0.2) is 18.2 Å². The molecule has 1 aromatic carbocycles. The Morgan fingerprint density at radius 1 is 1.23 bits per heavy atom. The number of hydrogen-bond donors (Lipinski definition) is 1. The second kappa shape index (κ2) is 5.28. The summed E-state index contributed by atoms with van der Waals surface area (Å²) in [6.45, 7) is 5.25. The van der Waals surface area contributed by atoms with Crippen molar-refractivity contribution in [1.29, 1.82) is 0 Å². The largest absolute Gasteiger partial charge is 0.345 e. The molecular formula is C16H19N5O. The van der Waals surface area contributed by atoms with Crippen molar-refractivity contribution in [2.24, 2.45) is 5.92 Å². The van der Waals surface area contributed by atoms with E-state index >= 15 is 0 Å². The number of piperidine rings is 3. The van der Waals surface area contributed by atoms with Gasteiger partial charge in [0.05, 0.1) is 5.52 Å². The molecule has 5 rings (SSSR count). The maximum absolute atomic E-state index is 12.4. The van der Waals surface area contributed by atoms with Crippen LogP contribution >= 0.6 is 0 Å². The summed E-state index contributed by atoms with van der Waals surface area (Å²) in [5.41, 5.74) is 2.52. The standard InChI is InChI=1S/C16H19N5O/c1-10-2-3-12-13(8-10)17-15(20-19-12)16(22)18-14-9-21-6-4-11(14)5-7-21/h2-3,8,11,14H,4-7,9H2,1H3,(H,18,22). The summed E-state index contributed by atoms with van der Waals surface area (Å²) < 4.78 is 0. The fourth-order valence-corrected chi connectivity index (χ4v) is 3.50. The van der Waals surface area contributed by atoms with Crippen LogP contribution in [0.3, 0.4) is 0 Å². The first-order valence-corrected chi connectivity index (χ1v) is 7.83. The third-order valence-corrected chi connectivity index (χ3v) is 4.79. The molecule has 3 fully saturated rings. The SMILES string of the molecule is Cc1ccc2nnc(C(=O)NC3CN4CCC3CC4)nc2c1. The first kappa shape index (κ1) is 13.6. The summed E-state index contributed by atoms with van der Waals surface area (Å²) in [7, 11) is 0. The predicted molar refractivity (Wildman–Crippen MR) is 82.5 cm³/mol. The zero-order valence-corrected chi connectivity index (χ0v) is 12.6. The molecule has 3 aliphatic heterocycles. The maximum atomic E-state index is 12.4. The number of benzene rings is 1. The lowest BCUT2D eigenvalue weighted by molar-refractivity contribution is 0.0614. The van der Waals surface area contributed by atoms with Gasteiger partial charge < -0.3 is 10.2 Å². The molecule has 22 heavy (non-hydrogen) atoms. The number of carbonyl (C=O) groups excluding carboxylic acids is 1. The van der Waals surface area contributed by atoms with Crippen molar-refractivity contribution in [2.75, 3.05) is 19.6 Å². The number of carbonyl (C=O) groups is 1. The molecule has 1 unspecified atom stereocenters. The zero-order valence-electron chi connectivity index (χ0n) is 12.6. The smallest absolute Gasteiger partial charge is 0.291 e. The molecule has 2 aromatic rings. The molecule has 0 aliphatic carbocycles. The Morgan fingerprint density at radius 2 is 2.05 bits per heavy atom. The Hall–Kier alpha value is -2.08. The first-order valence-electron chi connectivity index (χ1n) is 7.83. The minimum atomic E-state index is -0.213. The average molecular weight is 297 g/mol. The number of nitrogens with one attached hydrogen (secondary N) is 1. The van der Waals surface area contributed by atoms with Crippen molar-refractivity contribution in [3.8, 4) is 0 Å². The molecule has 6 nitrogen and oxygen atoms in total. The molecule has 0 saturated carbocycles. The number of hydrogen-bond acceptors (Lipinski definition) is 5. The summed E-state index contributed by atoms with van der Waals surface area (Å²) in [6, 6.07) is 5.98. The minimum Gasteiger partial charge on any atom is -0.345 e. The number of nitrogens with zero attached hydrogens (tertiary/aromatic N) is 4. The van der Waals surface area contributed by atoms with Crippen LogP contribution in [0, 0.1) is 12.8 Å². The van der Waals surface area contributed by atoms with Crippen molar-refractivity contribution >= 4 is 16.9 Å². The topological polar surface area (TPSA) is 71.0 Å². The van der Waals surface area contributed by atoms with Crippen molar-refractivity contribution < 1.29 is 4.79 Å². The first-order chi connectivity index (χ1) is 10.7. The Labute approximate surface area is 128 Å². The van der Waals surface area contributed by atoms with E-state index in [0.717, 1.165) is 25.2 Å². The second-order valence-electron chi connectivity index (χ2n) is 6.35. The lowest BCUT2D eigenvalue weighted by Gasteiger charge is -2.44. The van der Waals surface area contributed by atoms with E-state index in [2.05, 4.69) is 25.4 Å². The Kier molecular flexibility index (Phi) is 3.26. The summed E-state index contributed by atoms with van der Waals surface area (Å²) in [5, 5.41) is 11.2. The number of fused-ring (bicyclic) bond motifs is 4. The van der Waals surface area contributed by atoms with E-state index in [-0.39, 0.29) is 17.8 Å². The summed E-state index contributed by atoms with van der Waals surface area (Å²) in [4.78, 5) is 19.2. The summed E-state index contributed by atoms with van der Waals surface area (Å²) in [6.07, 6.45) is 2.34. The van der Waals surface area contributed by atoms with Crippen LogP contribution in [0.2, 0.25) is 0 Å². The summed E-state index contributed by atoms with van der Waals surface area (Å²) >= 11 is 0. The van der Waals surface area contributed by atoms with Crippen molar-refractivity contribution in [3.05, 3.63) is 29.6 Å². The van der Waals surface area contributed by atoms with Gasteiger partial charge in [-0.25, -0.2) is 4.98 Å². The van der Waals surface area contributed by atoms with E-state index in [1.807, 2.05) is 25.1 Å². The number of amides is 1.